The van der Waals surface area contributed by atoms with E-state index < -0.39 is 6.04 Å². The van der Waals surface area contributed by atoms with Crippen LogP contribution in [0.15, 0.2) is 0 Å². The number of methoxy groups -OCH3 is 1. The third-order valence-corrected chi connectivity index (χ3v) is 5.34. The van der Waals surface area contributed by atoms with Gasteiger partial charge < -0.3 is 10.1 Å². The van der Waals surface area contributed by atoms with Gasteiger partial charge in [-0.3, -0.25) is 4.79 Å². The molecule has 7 nitrogen and oxygen atoms in total. The number of aryl methyl sites for hydroxylation is 1. The number of carbonyl (C=O) groups excluding carboxylic acids is 2. The predicted molar refractivity (Wildman–Crippen MR) is 87.0 cm³/mol. The zero-order valence-electron chi connectivity index (χ0n) is 14.2. The lowest BCUT2D eigenvalue weighted by atomic mass is 9.84. The molecule has 2 N–H and O–H groups in total. The van der Waals surface area contributed by atoms with Crippen LogP contribution in [-0.4, -0.2) is 40.4 Å². The van der Waals surface area contributed by atoms with Crippen molar-refractivity contribution < 1.29 is 14.3 Å². The number of hydrogen-bond acceptors (Lipinski definition) is 5. The number of nitrogens with zero attached hydrogens (tertiary/aromatic N) is 2. The van der Waals surface area contributed by atoms with Crippen molar-refractivity contribution >= 4 is 11.9 Å². The molecule has 0 saturated heterocycles. The van der Waals surface area contributed by atoms with Crippen molar-refractivity contribution in [1.82, 2.24) is 20.7 Å². The van der Waals surface area contributed by atoms with E-state index >= 15 is 0 Å². The Balaban J connectivity index is 1.59. The number of ether oxygens (including phenoxy) is 1. The van der Waals surface area contributed by atoms with Gasteiger partial charge in [-0.15, -0.1) is 0 Å². The zero-order valence-corrected chi connectivity index (χ0v) is 14.2. The average molecular weight is 334 g/mol. The normalized spacial score (nSPS) is 22.5. The first-order valence-corrected chi connectivity index (χ1v) is 8.94. The summed E-state index contributed by atoms with van der Waals surface area (Å²) in [5.41, 5.74) is 1.81. The fourth-order valence-corrected chi connectivity index (χ4v) is 3.91. The molecular weight excluding hydrogens is 308 g/mol. The van der Waals surface area contributed by atoms with E-state index in [0.717, 1.165) is 37.1 Å². The number of esters is 1. The van der Waals surface area contributed by atoms with Gasteiger partial charge in [-0.2, -0.15) is 15.4 Å². The van der Waals surface area contributed by atoms with Crippen LogP contribution < -0.4 is 5.32 Å². The Morgan fingerprint density at radius 2 is 1.96 bits per heavy atom. The quantitative estimate of drug-likeness (QED) is 0.796. The predicted octanol–water partition coefficient (Wildman–Crippen LogP) is 1.54. The number of hydrogen-bond donors (Lipinski definition) is 2. The molecule has 0 aromatic carbocycles. The Morgan fingerprint density at radius 1 is 1.21 bits per heavy atom. The van der Waals surface area contributed by atoms with Crippen molar-refractivity contribution in [3.8, 4) is 0 Å². The van der Waals surface area contributed by atoms with Crippen LogP contribution in [0.1, 0.15) is 56.3 Å². The summed E-state index contributed by atoms with van der Waals surface area (Å²) in [5.74, 6) is -0.0699. The van der Waals surface area contributed by atoms with Crippen LogP contribution in [-0.2, 0) is 27.2 Å². The van der Waals surface area contributed by atoms with Gasteiger partial charge in [0, 0.05) is 12.3 Å². The first-order valence-electron chi connectivity index (χ1n) is 8.94. The lowest BCUT2D eigenvalue weighted by Gasteiger charge is -2.27. The summed E-state index contributed by atoms with van der Waals surface area (Å²) in [6, 6.07) is -0.538. The fraction of sp³-hybridized carbons (Fsp3) is 0.765. The fourth-order valence-electron chi connectivity index (χ4n) is 3.91. The Bertz CT molecular complexity index is 580. The number of amides is 1. The molecule has 1 aromatic rings. The third kappa shape index (κ3) is 3.94. The first-order chi connectivity index (χ1) is 11.7. The maximum atomic E-state index is 12.6. The summed E-state index contributed by atoms with van der Waals surface area (Å²) >= 11 is 0. The van der Waals surface area contributed by atoms with Crippen molar-refractivity contribution in [2.45, 2.75) is 63.8 Å². The van der Waals surface area contributed by atoms with Gasteiger partial charge in [0.25, 0.3) is 0 Å². The maximum Gasteiger partial charge on any atom is 0.328 e. The van der Waals surface area contributed by atoms with Gasteiger partial charge >= 0.3 is 5.97 Å². The minimum Gasteiger partial charge on any atom is -0.467 e. The van der Waals surface area contributed by atoms with Crippen molar-refractivity contribution in [2.75, 3.05) is 7.11 Å². The highest BCUT2D eigenvalue weighted by molar-refractivity contribution is 5.86. The summed E-state index contributed by atoms with van der Waals surface area (Å²) in [6.45, 7) is 0. The third-order valence-electron chi connectivity index (χ3n) is 5.34. The highest BCUT2D eigenvalue weighted by atomic mass is 16.5. The lowest BCUT2D eigenvalue weighted by molar-refractivity contribution is -0.146. The van der Waals surface area contributed by atoms with E-state index in [4.69, 9.17) is 4.74 Å². The average Bonchev–Trinajstić information content (AvgIpc) is 3.09. The Kier molecular flexibility index (Phi) is 5.48. The Labute approximate surface area is 141 Å². The molecule has 0 spiro atoms. The van der Waals surface area contributed by atoms with E-state index in [0.29, 0.717) is 18.8 Å². The zero-order chi connectivity index (χ0) is 16.9. The second kappa shape index (κ2) is 7.77. The molecule has 0 unspecified atom stereocenters. The van der Waals surface area contributed by atoms with E-state index in [1.165, 1.54) is 26.4 Å². The second-order valence-corrected chi connectivity index (χ2v) is 6.98. The number of H-pyrrole nitrogens is 1. The van der Waals surface area contributed by atoms with Crippen molar-refractivity contribution in [1.29, 1.82) is 0 Å². The number of rotatable bonds is 5. The molecule has 24 heavy (non-hydrogen) atoms. The van der Waals surface area contributed by atoms with E-state index in [1.807, 2.05) is 0 Å². The molecule has 0 radical (unpaired) electrons. The molecule has 2 aliphatic carbocycles. The number of fused-ring (bicyclic) bond motifs is 1. The molecule has 1 aromatic heterocycles. The maximum absolute atomic E-state index is 12.6. The second-order valence-electron chi connectivity index (χ2n) is 6.98. The first kappa shape index (κ1) is 16.9. The van der Waals surface area contributed by atoms with E-state index in [-0.39, 0.29) is 17.8 Å². The van der Waals surface area contributed by atoms with Gasteiger partial charge in [0.15, 0.2) is 0 Å². The molecule has 1 heterocycles. The topological polar surface area (TPSA) is 97.0 Å². The van der Waals surface area contributed by atoms with Crippen LogP contribution in [0.5, 0.6) is 0 Å². The molecule has 3 rings (SSSR count). The summed E-state index contributed by atoms with van der Waals surface area (Å²) in [4.78, 5) is 24.7. The molecule has 0 bridgehead atoms. The van der Waals surface area contributed by atoms with Gasteiger partial charge in [-0.1, -0.05) is 32.1 Å². The van der Waals surface area contributed by atoms with Gasteiger partial charge in [0.05, 0.1) is 18.5 Å². The summed E-state index contributed by atoms with van der Waals surface area (Å²) in [6.07, 6.45) is 8.71. The highest BCUT2D eigenvalue weighted by Gasteiger charge is 2.32. The molecular formula is C17H26N4O3. The van der Waals surface area contributed by atoms with Gasteiger partial charge in [-0.05, 0) is 25.2 Å². The van der Waals surface area contributed by atoms with Gasteiger partial charge in [0.2, 0.25) is 5.91 Å². The number of carbonyl (C=O) groups is 2. The molecule has 1 saturated carbocycles. The van der Waals surface area contributed by atoms with Crippen molar-refractivity contribution in [2.24, 2.45) is 11.8 Å². The minimum absolute atomic E-state index is 0.0742. The summed E-state index contributed by atoms with van der Waals surface area (Å²) in [5, 5.41) is 13.7. The monoisotopic (exact) mass is 334 g/mol. The smallest absolute Gasteiger partial charge is 0.328 e. The number of aromatic nitrogens is 3. The van der Waals surface area contributed by atoms with E-state index in [2.05, 4.69) is 20.7 Å². The largest absolute Gasteiger partial charge is 0.467 e. The Hall–Kier alpha value is -1.92. The molecule has 0 aliphatic heterocycles. The molecule has 1 amide bonds. The van der Waals surface area contributed by atoms with E-state index in [1.54, 1.807) is 0 Å². The van der Waals surface area contributed by atoms with Crippen LogP contribution in [0.3, 0.4) is 0 Å². The van der Waals surface area contributed by atoms with Crippen LogP contribution in [0.25, 0.3) is 0 Å². The van der Waals surface area contributed by atoms with Crippen LogP contribution in [0, 0.1) is 11.8 Å². The SMILES string of the molecule is COC(=O)[C@@H](CC1CCCCC1)NC(=O)[C@H]1CCc2n[nH]nc2C1. The number of nitrogens with one attached hydrogen (secondary N) is 2. The van der Waals surface area contributed by atoms with Crippen LogP contribution >= 0.6 is 0 Å². The summed E-state index contributed by atoms with van der Waals surface area (Å²) in [7, 11) is 1.38. The lowest BCUT2D eigenvalue weighted by Crippen LogP contribution is -2.46. The molecule has 7 heteroatoms. The van der Waals surface area contributed by atoms with Crippen LogP contribution in [0.4, 0.5) is 0 Å². The summed E-state index contributed by atoms with van der Waals surface area (Å²) < 4.78 is 4.90. The van der Waals surface area contributed by atoms with E-state index in [9.17, 15) is 9.59 Å². The van der Waals surface area contributed by atoms with Gasteiger partial charge in [0.1, 0.15) is 6.04 Å². The minimum atomic E-state index is -0.538. The highest BCUT2D eigenvalue weighted by Crippen LogP contribution is 2.28. The molecule has 2 atom stereocenters. The molecule has 2 aliphatic rings. The van der Waals surface area contributed by atoms with Gasteiger partial charge in [-0.25, -0.2) is 4.79 Å². The van der Waals surface area contributed by atoms with Crippen LogP contribution in [0.2, 0.25) is 0 Å². The molecule has 132 valence electrons. The Morgan fingerprint density at radius 3 is 2.71 bits per heavy atom. The molecule has 1 fully saturated rings. The standard InChI is InChI=1S/C17H26N4O3/c1-24-17(23)15(9-11-5-3-2-4-6-11)18-16(22)12-7-8-13-14(10-12)20-21-19-13/h11-12,15H,2-10H2,1H3,(H,18,22)(H,19,20,21)/t12-,15+/m0/s1. The van der Waals surface area contributed by atoms with Crippen molar-refractivity contribution in [3.05, 3.63) is 11.4 Å². The van der Waals surface area contributed by atoms with Crippen molar-refractivity contribution in [3.63, 3.8) is 0 Å². The number of aromatic amines is 1.